The highest BCUT2D eigenvalue weighted by molar-refractivity contribution is 5.93. The molecule has 1 aromatic carbocycles. The second kappa shape index (κ2) is 8.41. The first-order chi connectivity index (χ1) is 12.4. The molecule has 0 radical (unpaired) electrons. The summed E-state index contributed by atoms with van der Waals surface area (Å²) in [5.41, 5.74) is 1.18. The van der Waals surface area contributed by atoms with Crippen molar-refractivity contribution in [2.24, 2.45) is 0 Å². The summed E-state index contributed by atoms with van der Waals surface area (Å²) in [4.78, 5) is 24.2. The van der Waals surface area contributed by atoms with Crippen LogP contribution in [0.2, 0.25) is 0 Å². The molecule has 0 aliphatic rings. The normalized spacial score (nSPS) is 12.0. The van der Waals surface area contributed by atoms with Gasteiger partial charge in [0.25, 0.3) is 0 Å². The van der Waals surface area contributed by atoms with Crippen LogP contribution in [0.5, 0.6) is 0 Å². The number of hydrogen-bond acceptors (Lipinski definition) is 8. The highest BCUT2D eigenvalue weighted by atomic mass is 16.6. The van der Waals surface area contributed by atoms with Gasteiger partial charge in [0.15, 0.2) is 5.52 Å². The molecule has 1 heterocycles. The van der Waals surface area contributed by atoms with E-state index in [1.807, 2.05) is 11.9 Å². The molecule has 0 bridgehead atoms. The van der Waals surface area contributed by atoms with Crippen LogP contribution in [0, 0.1) is 10.1 Å². The molecule has 0 spiro atoms. The molecule has 9 nitrogen and oxygen atoms in total. The molecule has 2 aromatic rings. The zero-order chi connectivity index (χ0) is 19.3. The number of non-ortho nitro benzene ring substituents is 1. The van der Waals surface area contributed by atoms with Crippen LogP contribution in [-0.2, 0) is 9.53 Å². The van der Waals surface area contributed by atoms with Gasteiger partial charge in [0, 0.05) is 18.7 Å². The number of nitrogens with zero attached hydrogens (tertiary/aromatic N) is 4. The molecule has 140 valence electrons. The van der Waals surface area contributed by atoms with Gasteiger partial charge in [0.2, 0.25) is 5.52 Å². The second-order valence-electron chi connectivity index (χ2n) is 6.11. The smallest absolute Gasteiger partial charge is 0.333 e. The molecule has 9 heteroatoms. The summed E-state index contributed by atoms with van der Waals surface area (Å²) >= 11 is 0. The fourth-order valence-electron chi connectivity index (χ4n) is 2.59. The topological polar surface area (TPSA) is 112 Å². The number of hydrogen-bond donors (Lipinski definition) is 0. The number of likely N-dealkylation sites (N-methyl/N-ethyl adjacent to an activating group) is 1. The Bertz CT molecular complexity index is 817. The lowest BCUT2D eigenvalue weighted by atomic mass is 10.1. The standard InChI is InChI=1S/C17H22N4O5/c1-5-6-7-12(10-25-17(22)11(2)3)20(4)13-8-9-14(21(23)24)16-15(13)18-26-19-16/h8-9,12H,2,5-7,10H2,1,3-4H3. The Morgan fingerprint density at radius 1 is 1.42 bits per heavy atom. The number of nitro groups is 1. The number of fused-ring (bicyclic) bond motifs is 1. The number of esters is 1. The largest absolute Gasteiger partial charge is 0.460 e. The zero-order valence-electron chi connectivity index (χ0n) is 15.1. The molecule has 1 atom stereocenters. The van der Waals surface area contributed by atoms with Crippen molar-refractivity contribution in [3.63, 3.8) is 0 Å². The lowest BCUT2D eigenvalue weighted by Gasteiger charge is -2.29. The van der Waals surface area contributed by atoms with E-state index in [-0.39, 0.29) is 23.9 Å². The predicted octanol–water partition coefficient (Wildman–Crippen LogP) is 3.25. The summed E-state index contributed by atoms with van der Waals surface area (Å²) in [6.07, 6.45) is 2.70. The average molecular weight is 362 g/mol. The lowest BCUT2D eigenvalue weighted by Crippen LogP contribution is -2.36. The van der Waals surface area contributed by atoms with Gasteiger partial charge < -0.3 is 9.64 Å². The lowest BCUT2D eigenvalue weighted by molar-refractivity contribution is -0.383. The summed E-state index contributed by atoms with van der Waals surface area (Å²) in [7, 11) is 1.82. The minimum atomic E-state index is -0.528. The Labute approximate surface area is 150 Å². The second-order valence-corrected chi connectivity index (χ2v) is 6.11. The quantitative estimate of drug-likeness (QED) is 0.289. The van der Waals surface area contributed by atoms with Crippen molar-refractivity contribution in [3.05, 3.63) is 34.4 Å². The van der Waals surface area contributed by atoms with Crippen LogP contribution in [0.1, 0.15) is 33.1 Å². The van der Waals surface area contributed by atoms with Gasteiger partial charge in [-0.3, -0.25) is 10.1 Å². The van der Waals surface area contributed by atoms with Crippen molar-refractivity contribution in [2.45, 2.75) is 39.2 Å². The van der Waals surface area contributed by atoms with Crippen LogP contribution >= 0.6 is 0 Å². The molecular weight excluding hydrogens is 340 g/mol. The highest BCUT2D eigenvalue weighted by Gasteiger charge is 2.25. The van der Waals surface area contributed by atoms with Gasteiger partial charge in [-0.25, -0.2) is 9.42 Å². The fraction of sp³-hybridized carbons (Fsp3) is 0.471. The van der Waals surface area contributed by atoms with E-state index in [9.17, 15) is 14.9 Å². The Balaban J connectivity index is 2.31. The third-order valence-electron chi connectivity index (χ3n) is 4.14. The van der Waals surface area contributed by atoms with Crippen molar-refractivity contribution in [1.29, 1.82) is 0 Å². The molecule has 0 fully saturated rings. The molecule has 0 saturated carbocycles. The maximum absolute atomic E-state index is 11.7. The van der Waals surface area contributed by atoms with Crippen molar-refractivity contribution >= 4 is 28.4 Å². The molecule has 1 aromatic heterocycles. The maximum atomic E-state index is 11.7. The summed E-state index contributed by atoms with van der Waals surface area (Å²) in [5, 5.41) is 18.6. The van der Waals surface area contributed by atoms with Gasteiger partial charge in [-0.05, 0) is 29.7 Å². The van der Waals surface area contributed by atoms with E-state index < -0.39 is 10.9 Å². The number of aromatic nitrogens is 2. The first kappa shape index (κ1) is 19.4. The summed E-state index contributed by atoms with van der Waals surface area (Å²) in [6.45, 7) is 7.41. The number of carbonyl (C=O) groups is 1. The molecule has 2 rings (SSSR count). The van der Waals surface area contributed by atoms with E-state index in [1.165, 1.54) is 6.07 Å². The summed E-state index contributed by atoms with van der Waals surface area (Å²) in [6, 6.07) is 2.85. The van der Waals surface area contributed by atoms with Crippen LogP contribution in [0.4, 0.5) is 11.4 Å². The van der Waals surface area contributed by atoms with Gasteiger partial charge in [-0.15, -0.1) is 0 Å². The first-order valence-electron chi connectivity index (χ1n) is 8.31. The van der Waals surface area contributed by atoms with Gasteiger partial charge in [-0.1, -0.05) is 26.3 Å². The molecular formula is C17H22N4O5. The van der Waals surface area contributed by atoms with E-state index in [2.05, 4.69) is 23.8 Å². The van der Waals surface area contributed by atoms with E-state index in [0.717, 1.165) is 19.3 Å². The average Bonchev–Trinajstić information content (AvgIpc) is 3.09. The van der Waals surface area contributed by atoms with Crippen LogP contribution in [0.15, 0.2) is 28.9 Å². The number of nitro benzene ring substituents is 1. The molecule has 0 aliphatic carbocycles. The molecule has 1 unspecified atom stereocenters. The van der Waals surface area contributed by atoms with Crippen molar-refractivity contribution < 1.29 is 19.1 Å². The first-order valence-corrected chi connectivity index (χ1v) is 8.31. The van der Waals surface area contributed by atoms with E-state index in [4.69, 9.17) is 9.37 Å². The Morgan fingerprint density at radius 2 is 2.12 bits per heavy atom. The van der Waals surface area contributed by atoms with Crippen LogP contribution in [0.3, 0.4) is 0 Å². The van der Waals surface area contributed by atoms with E-state index >= 15 is 0 Å². The predicted molar refractivity (Wildman–Crippen MR) is 95.9 cm³/mol. The van der Waals surface area contributed by atoms with Gasteiger partial charge in [0.05, 0.1) is 16.7 Å². The van der Waals surface area contributed by atoms with Crippen molar-refractivity contribution in [3.8, 4) is 0 Å². The molecule has 26 heavy (non-hydrogen) atoms. The number of rotatable bonds is 9. The number of ether oxygens (including phenoxy) is 1. The number of anilines is 1. The Hall–Kier alpha value is -2.97. The summed E-state index contributed by atoms with van der Waals surface area (Å²) < 4.78 is 10.0. The van der Waals surface area contributed by atoms with E-state index in [0.29, 0.717) is 16.8 Å². The summed E-state index contributed by atoms with van der Waals surface area (Å²) in [5.74, 6) is -0.447. The van der Waals surface area contributed by atoms with Gasteiger partial charge >= 0.3 is 11.7 Å². The van der Waals surface area contributed by atoms with E-state index in [1.54, 1.807) is 13.0 Å². The van der Waals surface area contributed by atoms with Crippen LogP contribution in [0.25, 0.3) is 11.0 Å². The van der Waals surface area contributed by atoms with Crippen molar-refractivity contribution in [1.82, 2.24) is 10.3 Å². The molecule has 0 saturated heterocycles. The molecule has 0 N–H and O–H groups in total. The SMILES string of the molecule is C=C(C)C(=O)OCC(CCCC)N(C)c1ccc([N+](=O)[O-])c2nonc12. The molecule has 0 amide bonds. The van der Waals surface area contributed by atoms with Crippen molar-refractivity contribution in [2.75, 3.05) is 18.6 Å². The Kier molecular flexibility index (Phi) is 6.26. The zero-order valence-corrected chi connectivity index (χ0v) is 15.1. The fourth-order valence-corrected chi connectivity index (χ4v) is 2.59. The third-order valence-corrected chi connectivity index (χ3v) is 4.14. The number of unbranched alkanes of at least 4 members (excludes halogenated alkanes) is 1. The Morgan fingerprint density at radius 3 is 2.73 bits per heavy atom. The monoisotopic (exact) mass is 362 g/mol. The molecule has 0 aliphatic heterocycles. The van der Waals surface area contributed by atoms with Gasteiger partial charge in [-0.2, -0.15) is 0 Å². The highest BCUT2D eigenvalue weighted by Crippen LogP contribution is 2.32. The van der Waals surface area contributed by atoms with Crippen LogP contribution < -0.4 is 4.90 Å². The minimum absolute atomic E-state index is 0.0903. The van der Waals surface area contributed by atoms with Gasteiger partial charge in [0.1, 0.15) is 6.61 Å². The number of carbonyl (C=O) groups excluding carboxylic acids is 1. The van der Waals surface area contributed by atoms with Crippen LogP contribution in [-0.4, -0.2) is 40.9 Å². The maximum Gasteiger partial charge on any atom is 0.333 e. The number of benzene rings is 1. The third kappa shape index (κ3) is 4.16. The minimum Gasteiger partial charge on any atom is -0.460 e.